The number of hydrogen-bond acceptors (Lipinski definition) is 3. The largest absolute Gasteiger partial charge is 0.387 e. The molecule has 0 aliphatic rings. The Bertz CT molecular complexity index is 651. The molecule has 0 saturated heterocycles. The van der Waals surface area contributed by atoms with Crippen LogP contribution in [0.3, 0.4) is 0 Å². The molecular formula is C17H17BrN2O. The molecule has 0 fully saturated rings. The van der Waals surface area contributed by atoms with E-state index in [1.165, 1.54) is 0 Å². The molecule has 0 heterocycles. The third kappa shape index (κ3) is 3.84. The molecule has 3 nitrogen and oxygen atoms in total. The second-order valence-electron chi connectivity index (χ2n) is 5.05. The highest BCUT2D eigenvalue weighted by molar-refractivity contribution is 9.10. The Morgan fingerprint density at radius 1 is 1.19 bits per heavy atom. The molecule has 108 valence electrons. The molecule has 1 unspecified atom stereocenters. The van der Waals surface area contributed by atoms with Crippen molar-refractivity contribution >= 4 is 21.6 Å². The fourth-order valence-electron chi connectivity index (χ4n) is 2.16. The first-order valence-electron chi connectivity index (χ1n) is 6.70. The van der Waals surface area contributed by atoms with Crippen LogP contribution < -0.4 is 5.32 Å². The minimum Gasteiger partial charge on any atom is -0.387 e. The lowest BCUT2D eigenvalue weighted by Crippen LogP contribution is -2.12. The topological polar surface area (TPSA) is 56.0 Å². The van der Waals surface area contributed by atoms with Gasteiger partial charge in [0, 0.05) is 16.7 Å². The molecule has 2 N–H and O–H groups in total. The monoisotopic (exact) mass is 344 g/mol. The molecule has 1 atom stereocenters. The number of halogens is 1. The minimum atomic E-state index is -0.609. The summed E-state index contributed by atoms with van der Waals surface area (Å²) in [5, 5.41) is 22.2. The third-order valence-electron chi connectivity index (χ3n) is 3.36. The van der Waals surface area contributed by atoms with Gasteiger partial charge in [-0.15, -0.1) is 0 Å². The zero-order valence-electron chi connectivity index (χ0n) is 12.0. The van der Waals surface area contributed by atoms with Crippen molar-refractivity contribution in [2.24, 2.45) is 0 Å². The number of nitriles is 1. The van der Waals surface area contributed by atoms with Crippen LogP contribution in [0.4, 0.5) is 5.69 Å². The Hall–Kier alpha value is -1.83. The van der Waals surface area contributed by atoms with Crippen molar-refractivity contribution in [2.45, 2.75) is 20.0 Å². The second kappa shape index (κ2) is 6.75. The van der Waals surface area contributed by atoms with Gasteiger partial charge in [0.05, 0.1) is 17.7 Å². The summed E-state index contributed by atoms with van der Waals surface area (Å²) in [5.74, 6) is 0. The summed E-state index contributed by atoms with van der Waals surface area (Å²) in [6, 6.07) is 13.1. The predicted octanol–water partition coefficient (Wildman–Crippen LogP) is 4.08. The molecular weight excluding hydrogens is 328 g/mol. The van der Waals surface area contributed by atoms with Gasteiger partial charge in [-0.25, -0.2) is 0 Å². The van der Waals surface area contributed by atoms with Crippen LogP contribution in [0.5, 0.6) is 0 Å². The van der Waals surface area contributed by atoms with Crippen molar-refractivity contribution in [3.05, 3.63) is 63.1 Å². The fraction of sp³-hybridized carbons (Fsp3) is 0.235. The van der Waals surface area contributed by atoms with E-state index in [-0.39, 0.29) is 0 Å². The number of aliphatic hydroxyl groups is 1. The van der Waals surface area contributed by atoms with E-state index >= 15 is 0 Å². The van der Waals surface area contributed by atoms with Crippen molar-refractivity contribution in [2.75, 3.05) is 11.9 Å². The first kappa shape index (κ1) is 15.6. The van der Waals surface area contributed by atoms with Gasteiger partial charge in [0.25, 0.3) is 0 Å². The summed E-state index contributed by atoms with van der Waals surface area (Å²) >= 11 is 3.54. The highest BCUT2D eigenvalue weighted by Gasteiger charge is 2.08. The summed E-state index contributed by atoms with van der Waals surface area (Å²) < 4.78 is 1.11. The van der Waals surface area contributed by atoms with Crippen molar-refractivity contribution in [1.82, 2.24) is 0 Å². The van der Waals surface area contributed by atoms with Gasteiger partial charge in [-0.3, -0.25) is 0 Å². The van der Waals surface area contributed by atoms with Crippen molar-refractivity contribution < 1.29 is 5.11 Å². The van der Waals surface area contributed by atoms with Gasteiger partial charge >= 0.3 is 0 Å². The number of nitrogens with one attached hydrogen (secondary N) is 1. The molecule has 2 rings (SSSR count). The molecule has 4 heteroatoms. The van der Waals surface area contributed by atoms with Crippen LogP contribution in [0, 0.1) is 25.2 Å². The van der Waals surface area contributed by atoms with E-state index in [1.54, 1.807) is 24.3 Å². The van der Waals surface area contributed by atoms with Gasteiger partial charge in [-0.1, -0.05) is 28.1 Å². The summed E-state index contributed by atoms with van der Waals surface area (Å²) in [6.07, 6.45) is -0.609. The van der Waals surface area contributed by atoms with Crippen LogP contribution in [0.15, 0.2) is 40.9 Å². The Labute approximate surface area is 133 Å². The van der Waals surface area contributed by atoms with Crippen molar-refractivity contribution in [3.8, 4) is 6.07 Å². The Balaban J connectivity index is 2.03. The molecule has 0 aliphatic carbocycles. The SMILES string of the molecule is Cc1cc(NCC(O)c2ccc(C#N)cc2)cc(C)c1Br. The number of nitrogens with zero attached hydrogens (tertiary/aromatic N) is 1. The van der Waals surface area contributed by atoms with Crippen molar-refractivity contribution in [1.29, 1.82) is 5.26 Å². The molecule has 2 aromatic carbocycles. The minimum absolute atomic E-state index is 0.423. The first-order chi connectivity index (χ1) is 10.0. The Morgan fingerprint density at radius 2 is 1.76 bits per heavy atom. The van der Waals surface area contributed by atoms with Gasteiger partial charge in [-0.2, -0.15) is 5.26 Å². The quantitative estimate of drug-likeness (QED) is 0.878. The smallest absolute Gasteiger partial charge is 0.0991 e. The van der Waals surface area contributed by atoms with Gasteiger partial charge in [-0.05, 0) is 54.8 Å². The lowest BCUT2D eigenvalue weighted by Gasteiger charge is -2.15. The number of hydrogen-bond donors (Lipinski definition) is 2. The van der Waals surface area contributed by atoms with E-state index < -0.39 is 6.10 Å². The fourth-order valence-corrected chi connectivity index (χ4v) is 2.39. The third-order valence-corrected chi connectivity index (χ3v) is 4.61. The highest BCUT2D eigenvalue weighted by Crippen LogP contribution is 2.25. The number of anilines is 1. The van der Waals surface area contributed by atoms with E-state index in [9.17, 15) is 5.11 Å². The maximum Gasteiger partial charge on any atom is 0.0991 e. The predicted molar refractivity (Wildman–Crippen MR) is 88.2 cm³/mol. The molecule has 2 aromatic rings. The van der Waals surface area contributed by atoms with Gasteiger partial charge in [0.1, 0.15) is 0 Å². The maximum absolute atomic E-state index is 10.2. The Morgan fingerprint density at radius 3 is 2.29 bits per heavy atom. The number of aliphatic hydroxyl groups excluding tert-OH is 1. The van der Waals surface area contributed by atoms with Crippen LogP contribution >= 0.6 is 15.9 Å². The molecule has 0 spiro atoms. The standard InChI is InChI=1S/C17H17BrN2O/c1-11-7-15(8-12(2)17(11)18)20-10-16(21)14-5-3-13(9-19)4-6-14/h3-8,16,20-21H,10H2,1-2H3. The average Bonchev–Trinajstić information content (AvgIpc) is 2.50. The van der Waals surface area contributed by atoms with E-state index in [0.29, 0.717) is 12.1 Å². The first-order valence-corrected chi connectivity index (χ1v) is 7.49. The number of rotatable bonds is 4. The van der Waals surface area contributed by atoms with Crippen LogP contribution in [0.1, 0.15) is 28.4 Å². The zero-order chi connectivity index (χ0) is 15.4. The highest BCUT2D eigenvalue weighted by atomic mass is 79.9. The lowest BCUT2D eigenvalue weighted by molar-refractivity contribution is 0.191. The molecule has 0 aromatic heterocycles. The molecule has 0 saturated carbocycles. The molecule has 0 radical (unpaired) electrons. The summed E-state index contributed by atoms with van der Waals surface area (Å²) in [4.78, 5) is 0. The van der Waals surface area contributed by atoms with Gasteiger partial charge in [0.15, 0.2) is 0 Å². The van der Waals surface area contributed by atoms with Crippen LogP contribution in [0.25, 0.3) is 0 Å². The van der Waals surface area contributed by atoms with Crippen LogP contribution in [0.2, 0.25) is 0 Å². The normalized spacial score (nSPS) is 11.8. The average molecular weight is 345 g/mol. The van der Waals surface area contributed by atoms with E-state index in [1.807, 2.05) is 26.0 Å². The van der Waals surface area contributed by atoms with E-state index in [0.717, 1.165) is 26.9 Å². The molecule has 0 amide bonds. The van der Waals surface area contributed by atoms with E-state index in [2.05, 4.69) is 27.3 Å². The number of benzene rings is 2. The Kier molecular flexibility index (Phi) is 5.00. The zero-order valence-corrected chi connectivity index (χ0v) is 13.6. The maximum atomic E-state index is 10.2. The molecule has 0 aliphatic heterocycles. The van der Waals surface area contributed by atoms with Crippen LogP contribution in [-0.4, -0.2) is 11.7 Å². The second-order valence-corrected chi connectivity index (χ2v) is 5.85. The van der Waals surface area contributed by atoms with Crippen molar-refractivity contribution in [3.63, 3.8) is 0 Å². The van der Waals surface area contributed by atoms with Gasteiger partial charge < -0.3 is 10.4 Å². The van der Waals surface area contributed by atoms with Crippen LogP contribution in [-0.2, 0) is 0 Å². The lowest BCUT2D eigenvalue weighted by atomic mass is 10.1. The number of aryl methyl sites for hydroxylation is 2. The summed E-state index contributed by atoms with van der Waals surface area (Å²) in [5.41, 5.74) is 4.70. The van der Waals surface area contributed by atoms with E-state index in [4.69, 9.17) is 5.26 Å². The molecule has 21 heavy (non-hydrogen) atoms. The summed E-state index contributed by atoms with van der Waals surface area (Å²) in [6.45, 7) is 4.50. The summed E-state index contributed by atoms with van der Waals surface area (Å²) in [7, 11) is 0. The molecule has 0 bridgehead atoms. The van der Waals surface area contributed by atoms with Gasteiger partial charge in [0.2, 0.25) is 0 Å².